The number of carbonyl (C=O) groups is 1. The molecular formula is C17H19N3O4. The van der Waals surface area contributed by atoms with Crippen LogP contribution in [0, 0.1) is 0 Å². The maximum atomic E-state index is 11.5. The van der Waals surface area contributed by atoms with Crippen molar-refractivity contribution in [3.63, 3.8) is 0 Å². The number of hydrogen-bond donors (Lipinski definition) is 1. The average Bonchev–Trinajstić information content (AvgIpc) is 3.19. The number of ether oxygens (including phenoxy) is 2. The molecule has 7 heteroatoms. The SMILES string of the molecule is O=C(O)c1cc2cn([C@@]34CCC[C@@H](C3)OC4)nc2nc1OC1CC1. The van der Waals surface area contributed by atoms with Crippen molar-refractivity contribution in [1.29, 1.82) is 0 Å². The summed E-state index contributed by atoms with van der Waals surface area (Å²) >= 11 is 0. The lowest BCUT2D eigenvalue weighted by atomic mass is 9.83. The van der Waals surface area contributed by atoms with E-state index in [1.165, 1.54) is 0 Å². The first-order chi connectivity index (χ1) is 11.6. The molecule has 1 aliphatic heterocycles. The fourth-order valence-corrected chi connectivity index (χ4v) is 3.88. The number of carboxylic acid groups (broad SMARTS) is 1. The molecule has 2 bridgehead atoms. The molecular weight excluding hydrogens is 310 g/mol. The van der Waals surface area contributed by atoms with Crippen molar-refractivity contribution < 1.29 is 19.4 Å². The van der Waals surface area contributed by atoms with Crippen molar-refractivity contribution in [3.8, 4) is 5.88 Å². The Morgan fingerprint density at radius 2 is 2.29 bits per heavy atom. The van der Waals surface area contributed by atoms with E-state index < -0.39 is 5.97 Å². The van der Waals surface area contributed by atoms with Crippen LogP contribution < -0.4 is 4.74 Å². The van der Waals surface area contributed by atoms with Gasteiger partial charge in [-0.3, -0.25) is 4.68 Å². The Hall–Kier alpha value is -2.15. The van der Waals surface area contributed by atoms with Crippen LogP contribution in [0.15, 0.2) is 12.3 Å². The fourth-order valence-electron chi connectivity index (χ4n) is 3.88. The fraction of sp³-hybridized carbons (Fsp3) is 0.588. The molecule has 2 atom stereocenters. The quantitative estimate of drug-likeness (QED) is 0.926. The minimum atomic E-state index is -1.02. The van der Waals surface area contributed by atoms with Gasteiger partial charge >= 0.3 is 5.97 Å². The third-order valence-corrected chi connectivity index (χ3v) is 5.34. The molecule has 2 aromatic heterocycles. The van der Waals surface area contributed by atoms with Gasteiger partial charge < -0.3 is 14.6 Å². The van der Waals surface area contributed by atoms with Crippen LogP contribution in [0.4, 0.5) is 0 Å². The van der Waals surface area contributed by atoms with Crippen LogP contribution >= 0.6 is 0 Å². The van der Waals surface area contributed by atoms with Crippen molar-refractivity contribution in [2.75, 3.05) is 6.61 Å². The van der Waals surface area contributed by atoms with Crippen LogP contribution in [0.25, 0.3) is 11.0 Å². The van der Waals surface area contributed by atoms with Gasteiger partial charge in [-0.25, -0.2) is 4.79 Å². The van der Waals surface area contributed by atoms with Crippen LogP contribution in [-0.2, 0) is 10.3 Å². The first kappa shape index (κ1) is 14.2. The molecule has 0 amide bonds. The summed E-state index contributed by atoms with van der Waals surface area (Å²) in [5.74, 6) is -0.836. The van der Waals surface area contributed by atoms with Gasteiger partial charge in [-0.2, -0.15) is 10.1 Å². The number of rotatable bonds is 4. The van der Waals surface area contributed by atoms with E-state index in [-0.39, 0.29) is 23.1 Å². The Labute approximate surface area is 138 Å². The van der Waals surface area contributed by atoms with Gasteiger partial charge in [0.25, 0.3) is 0 Å². The first-order valence-electron chi connectivity index (χ1n) is 8.55. The lowest BCUT2D eigenvalue weighted by molar-refractivity contribution is 0.0691. The second-order valence-electron chi connectivity index (χ2n) is 7.20. The van der Waals surface area contributed by atoms with Gasteiger partial charge in [0.2, 0.25) is 5.88 Å². The summed E-state index contributed by atoms with van der Waals surface area (Å²) in [6, 6.07) is 1.62. The molecule has 0 radical (unpaired) electrons. The topological polar surface area (TPSA) is 86.5 Å². The van der Waals surface area contributed by atoms with Gasteiger partial charge in [0.05, 0.1) is 18.2 Å². The molecule has 0 unspecified atom stereocenters. The van der Waals surface area contributed by atoms with Crippen LogP contribution in [0.5, 0.6) is 5.88 Å². The van der Waals surface area contributed by atoms with Gasteiger partial charge in [-0.1, -0.05) is 0 Å². The van der Waals surface area contributed by atoms with Crippen molar-refractivity contribution in [2.24, 2.45) is 0 Å². The number of hydrogen-bond acceptors (Lipinski definition) is 5. The lowest BCUT2D eigenvalue weighted by Gasteiger charge is -2.31. The van der Waals surface area contributed by atoms with Crippen molar-refractivity contribution in [2.45, 2.75) is 56.3 Å². The van der Waals surface area contributed by atoms with E-state index in [4.69, 9.17) is 9.47 Å². The minimum Gasteiger partial charge on any atom is -0.477 e. The van der Waals surface area contributed by atoms with Crippen LogP contribution in [-0.4, -0.2) is 44.7 Å². The predicted octanol–water partition coefficient (Wildman–Crippen LogP) is 2.34. The molecule has 1 N–H and O–H groups in total. The highest BCUT2D eigenvalue weighted by molar-refractivity contribution is 5.94. The number of carboxylic acids is 1. The Morgan fingerprint density at radius 1 is 1.42 bits per heavy atom. The maximum absolute atomic E-state index is 11.5. The molecule has 2 aliphatic carbocycles. The highest BCUT2D eigenvalue weighted by Crippen LogP contribution is 2.42. The number of aromatic nitrogens is 3. The van der Waals surface area contributed by atoms with Crippen LogP contribution in [0.3, 0.4) is 0 Å². The van der Waals surface area contributed by atoms with Crippen LogP contribution in [0.1, 0.15) is 48.9 Å². The molecule has 24 heavy (non-hydrogen) atoms. The number of pyridine rings is 1. The van der Waals surface area contributed by atoms with E-state index in [1.807, 2.05) is 10.9 Å². The monoisotopic (exact) mass is 329 g/mol. The molecule has 7 nitrogen and oxygen atoms in total. The zero-order valence-electron chi connectivity index (χ0n) is 13.3. The van der Waals surface area contributed by atoms with Gasteiger partial charge in [-0.05, 0) is 38.2 Å². The van der Waals surface area contributed by atoms with E-state index in [1.54, 1.807) is 6.07 Å². The van der Waals surface area contributed by atoms with E-state index in [0.717, 1.165) is 43.9 Å². The summed E-state index contributed by atoms with van der Waals surface area (Å²) in [6.45, 7) is 0.670. The van der Waals surface area contributed by atoms with E-state index >= 15 is 0 Å². The second kappa shape index (κ2) is 4.92. The van der Waals surface area contributed by atoms with Gasteiger partial charge in [0.1, 0.15) is 11.7 Å². The van der Waals surface area contributed by atoms with Crippen molar-refractivity contribution in [1.82, 2.24) is 14.8 Å². The summed E-state index contributed by atoms with van der Waals surface area (Å²) in [4.78, 5) is 15.9. The number of nitrogens with zero attached hydrogens (tertiary/aromatic N) is 3. The molecule has 0 spiro atoms. The predicted molar refractivity (Wildman–Crippen MR) is 84.3 cm³/mol. The molecule has 2 aromatic rings. The highest BCUT2D eigenvalue weighted by atomic mass is 16.5. The Bertz CT molecular complexity index is 825. The first-order valence-corrected chi connectivity index (χ1v) is 8.55. The summed E-state index contributed by atoms with van der Waals surface area (Å²) in [5.41, 5.74) is 0.541. The minimum absolute atomic E-state index is 0.0936. The second-order valence-corrected chi connectivity index (χ2v) is 7.20. The number of fused-ring (bicyclic) bond motifs is 3. The largest absolute Gasteiger partial charge is 0.477 e. The summed E-state index contributed by atoms with van der Waals surface area (Å²) < 4.78 is 13.5. The van der Waals surface area contributed by atoms with Gasteiger partial charge in [0, 0.05) is 18.0 Å². The van der Waals surface area contributed by atoms with Gasteiger partial charge in [-0.15, -0.1) is 0 Å². The van der Waals surface area contributed by atoms with Gasteiger partial charge in [0.15, 0.2) is 5.65 Å². The summed E-state index contributed by atoms with van der Waals surface area (Å²) in [7, 11) is 0. The highest BCUT2D eigenvalue weighted by Gasteiger charge is 2.45. The molecule has 3 heterocycles. The molecule has 5 rings (SSSR count). The van der Waals surface area contributed by atoms with Crippen LogP contribution in [0.2, 0.25) is 0 Å². The third-order valence-electron chi connectivity index (χ3n) is 5.34. The average molecular weight is 329 g/mol. The molecule has 126 valence electrons. The summed E-state index contributed by atoms with van der Waals surface area (Å²) in [6.07, 6.45) is 8.48. The standard InChI is InChI=1S/C17H19N3O4/c21-16(22)13-6-10-8-20(17-5-1-2-12(7-17)23-9-17)19-14(10)18-15(13)24-11-3-4-11/h6,8,11-12H,1-5,7,9H2,(H,21,22)/t12-,17-/m0/s1. The molecule has 3 aliphatic rings. The Kier molecular flexibility index (Phi) is 2.92. The van der Waals surface area contributed by atoms with Crippen molar-refractivity contribution in [3.05, 3.63) is 17.8 Å². The normalized spacial score (nSPS) is 29.1. The number of aromatic carboxylic acids is 1. The molecule has 0 aromatic carbocycles. The Morgan fingerprint density at radius 3 is 3.08 bits per heavy atom. The van der Waals surface area contributed by atoms with E-state index in [0.29, 0.717) is 18.4 Å². The van der Waals surface area contributed by atoms with E-state index in [9.17, 15) is 9.90 Å². The summed E-state index contributed by atoms with van der Waals surface area (Å²) in [5, 5.41) is 14.8. The molecule has 1 saturated heterocycles. The molecule has 2 saturated carbocycles. The Balaban J connectivity index is 1.58. The van der Waals surface area contributed by atoms with Crippen molar-refractivity contribution >= 4 is 17.0 Å². The zero-order valence-corrected chi connectivity index (χ0v) is 13.3. The smallest absolute Gasteiger partial charge is 0.341 e. The zero-order chi connectivity index (χ0) is 16.3. The maximum Gasteiger partial charge on any atom is 0.341 e. The third kappa shape index (κ3) is 2.18. The molecule has 3 fully saturated rings. The van der Waals surface area contributed by atoms with E-state index in [2.05, 4.69) is 10.1 Å². The lowest BCUT2D eigenvalue weighted by Crippen LogP contribution is -2.36.